The first kappa shape index (κ1) is 15.0. The first-order valence-electron chi connectivity index (χ1n) is 6.26. The van der Waals surface area contributed by atoms with Crippen LogP contribution in [0.15, 0.2) is 35.7 Å². The molecule has 0 amide bonds. The van der Waals surface area contributed by atoms with E-state index in [0.29, 0.717) is 17.2 Å². The minimum Gasteiger partial charge on any atom is -0.375 e. The van der Waals surface area contributed by atoms with Crippen molar-refractivity contribution in [3.05, 3.63) is 47.0 Å². The van der Waals surface area contributed by atoms with E-state index >= 15 is 0 Å². The highest BCUT2D eigenvalue weighted by molar-refractivity contribution is 7.89. The van der Waals surface area contributed by atoms with Gasteiger partial charge in [0, 0.05) is 5.38 Å². The van der Waals surface area contributed by atoms with Crippen molar-refractivity contribution in [2.45, 2.75) is 19.4 Å². The SMILES string of the molecule is Nc1nc(CNS(=O)(=O)CCCc2ccccc2)cs1. The highest BCUT2D eigenvalue weighted by Gasteiger charge is 2.10. The topological polar surface area (TPSA) is 85.1 Å². The maximum Gasteiger partial charge on any atom is 0.211 e. The van der Waals surface area contributed by atoms with Crippen LogP contribution >= 0.6 is 11.3 Å². The Bertz CT molecular complexity index is 639. The second-order valence-corrected chi connectivity index (χ2v) is 7.22. The van der Waals surface area contributed by atoms with E-state index in [1.165, 1.54) is 11.3 Å². The fraction of sp³-hybridized carbons (Fsp3) is 0.308. The predicted octanol–water partition coefficient (Wildman–Crippen LogP) is 1.78. The Kier molecular flexibility index (Phi) is 5.11. The molecular weight excluding hydrogens is 294 g/mol. The lowest BCUT2D eigenvalue weighted by Gasteiger charge is -2.05. The lowest BCUT2D eigenvalue weighted by molar-refractivity contribution is 0.578. The zero-order valence-corrected chi connectivity index (χ0v) is 12.6. The molecule has 20 heavy (non-hydrogen) atoms. The molecule has 0 saturated carbocycles. The highest BCUT2D eigenvalue weighted by atomic mass is 32.2. The van der Waals surface area contributed by atoms with Crippen molar-refractivity contribution in [2.24, 2.45) is 0 Å². The Morgan fingerprint density at radius 3 is 2.65 bits per heavy atom. The smallest absolute Gasteiger partial charge is 0.211 e. The molecule has 0 unspecified atom stereocenters. The number of rotatable bonds is 7. The van der Waals surface area contributed by atoms with E-state index in [1.54, 1.807) is 5.38 Å². The highest BCUT2D eigenvalue weighted by Crippen LogP contribution is 2.11. The minimum absolute atomic E-state index is 0.113. The van der Waals surface area contributed by atoms with Gasteiger partial charge >= 0.3 is 0 Å². The van der Waals surface area contributed by atoms with Crippen LogP contribution in [0.3, 0.4) is 0 Å². The molecule has 3 N–H and O–H groups in total. The summed E-state index contributed by atoms with van der Waals surface area (Å²) in [5, 5.41) is 2.20. The maximum atomic E-state index is 11.8. The van der Waals surface area contributed by atoms with Crippen LogP contribution in [0.25, 0.3) is 0 Å². The second-order valence-electron chi connectivity index (χ2n) is 4.41. The number of nitrogens with two attached hydrogens (primary N) is 1. The molecule has 0 bridgehead atoms. The Labute approximate surface area is 122 Å². The van der Waals surface area contributed by atoms with E-state index in [9.17, 15) is 8.42 Å². The largest absolute Gasteiger partial charge is 0.375 e. The summed E-state index contributed by atoms with van der Waals surface area (Å²) in [5.41, 5.74) is 7.29. The Balaban J connectivity index is 1.76. The summed E-state index contributed by atoms with van der Waals surface area (Å²) in [6, 6.07) is 9.85. The maximum absolute atomic E-state index is 11.8. The fourth-order valence-corrected chi connectivity index (χ4v) is 3.37. The van der Waals surface area contributed by atoms with E-state index in [0.717, 1.165) is 12.0 Å². The van der Waals surface area contributed by atoms with Gasteiger partial charge in [-0.2, -0.15) is 0 Å². The second kappa shape index (κ2) is 6.83. The van der Waals surface area contributed by atoms with Crippen molar-refractivity contribution < 1.29 is 8.42 Å². The third-order valence-electron chi connectivity index (χ3n) is 2.76. The molecule has 108 valence electrons. The van der Waals surface area contributed by atoms with Crippen molar-refractivity contribution in [2.75, 3.05) is 11.5 Å². The van der Waals surface area contributed by atoms with Crippen molar-refractivity contribution in [1.29, 1.82) is 0 Å². The van der Waals surface area contributed by atoms with E-state index in [4.69, 9.17) is 5.73 Å². The van der Waals surface area contributed by atoms with E-state index in [1.807, 2.05) is 30.3 Å². The number of thiazole rings is 1. The van der Waals surface area contributed by atoms with Crippen molar-refractivity contribution >= 4 is 26.5 Å². The summed E-state index contributed by atoms with van der Waals surface area (Å²) in [6.45, 7) is 0.196. The fourth-order valence-electron chi connectivity index (χ4n) is 1.77. The van der Waals surface area contributed by atoms with Gasteiger partial charge in [-0.05, 0) is 18.4 Å². The predicted molar refractivity (Wildman–Crippen MR) is 81.9 cm³/mol. The molecule has 2 rings (SSSR count). The first-order valence-corrected chi connectivity index (χ1v) is 8.79. The number of aryl methyl sites for hydroxylation is 1. The van der Waals surface area contributed by atoms with Crippen LogP contribution in [0.1, 0.15) is 17.7 Å². The van der Waals surface area contributed by atoms with Crippen LogP contribution in [0.4, 0.5) is 5.13 Å². The standard InChI is InChI=1S/C13H17N3O2S2/c14-13-16-12(10-19-13)9-15-20(17,18)8-4-7-11-5-2-1-3-6-11/h1-3,5-6,10,15H,4,7-9H2,(H2,14,16). The Hall–Kier alpha value is -1.44. The quantitative estimate of drug-likeness (QED) is 0.816. The minimum atomic E-state index is -3.27. The number of hydrogen-bond donors (Lipinski definition) is 2. The van der Waals surface area contributed by atoms with Gasteiger partial charge in [0.15, 0.2) is 5.13 Å². The Morgan fingerprint density at radius 2 is 2.00 bits per heavy atom. The average Bonchev–Trinajstić information content (AvgIpc) is 2.84. The Morgan fingerprint density at radius 1 is 1.25 bits per heavy atom. The molecule has 7 heteroatoms. The number of nitrogens with one attached hydrogen (secondary N) is 1. The lowest BCUT2D eigenvalue weighted by atomic mass is 10.1. The molecule has 0 saturated heterocycles. The molecule has 2 aromatic rings. The van der Waals surface area contributed by atoms with Crippen LogP contribution in [0.5, 0.6) is 0 Å². The number of nitrogen functional groups attached to an aromatic ring is 1. The molecule has 1 aromatic carbocycles. The van der Waals surface area contributed by atoms with Crippen LogP contribution in [0.2, 0.25) is 0 Å². The van der Waals surface area contributed by atoms with Crippen LogP contribution in [0, 0.1) is 0 Å². The van der Waals surface area contributed by atoms with Gasteiger partial charge in [-0.25, -0.2) is 18.1 Å². The van der Waals surface area contributed by atoms with Gasteiger partial charge in [-0.3, -0.25) is 0 Å². The number of nitrogens with zero attached hydrogens (tertiary/aromatic N) is 1. The van der Waals surface area contributed by atoms with Crippen LogP contribution in [-0.4, -0.2) is 19.2 Å². The van der Waals surface area contributed by atoms with Gasteiger partial charge in [-0.15, -0.1) is 11.3 Å². The monoisotopic (exact) mass is 311 g/mol. The third kappa shape index (κ3) is 4.92. The van der Waals surface area contributed by atoms with Gasteiger partial charge < -0.3 is 5.73 Å². The molecular formula is C13H17N3O2S2. The molecule has 0 aliphatic heterocycles. The van der Waals surface area contributed by atoms with E-state index in [-0.39, 0.29) is 12.3 Å². The summed E-state index contributed by atoms with van der Waals surface area (Å²) in [5.74, 6) is 0.113. The van der Waals surface area contributed by atoms with Crippen LogP contribution in [-0.2, 0) is 23.0 Å². The van der Waals surface area contributed by atoms with Gasteiger partial charge in [0.05, 0.1) is 18.0 Å². The molecule has 0 aliphatic rings. The lowest BCUT2D eigenvalue weighted by Crippen LogP contribution is -2.26. The normalized spacial score (nSPS) is 11.6. The molecule has 0 spiro atoms. The molecule has 0 atom stereocenters. The first-order chi connectivity index (χ1) is 9.55. The molecule has 1 aromatic heterocycles. The molecule has 1 heterocycles. The summed E-state index contributed by atoms with van der Waals surface area (Å²) in [6.07, 6.45) is 1.35. The molecule has 0 radical (unpaired) electrons. The number of anilines is 1. The zero-order valence-electron chi connectivity index (χ0n) is 11.0. The van der Waals surface area contributed by atoms with E-state index in [2.05, 4.69) is 9.71 Å². The van der Waals surface area contributed by atoms with Gasteiger partial charge in [0.2, 0.25) is 10.0 Å². The molecule has 0 aliphatic carbocycles. The summed E-state index contributed by atoms with van der Waals surface area (Å²) in [4.78, 5) is 4.01. The number of sulfonamides is 1. The summed E-state index contributed by atoms with van der Waals surface area (Å²) in [7, 11) is -3.27. The number of benzene rings is 1. The zero-order chi connectivity index (χ0) is 14.4. The third-order valence-corrected chi connectivity index (χ3v) is 4.90. The molecule has 5 nitrogen and oxygen atoms in total. The van der Waals surface area contributed by atoms with Gasteiger partial charge in [-0.1, -0.05) is 30.3 Å². The van der Waals surface area contributed by atoms with Crippen molar-refractivity contribution in [1.82, 2.24) is 9.71 Å². The van der Waals surface area contributed by atoms with Crippen molar-refractivity contribution in [3.8, 4) is 0 Å². The number of hydrogen-bond acceptors (Lipinski definition) is 5. The summed E-state index contributed by atoms with van der Waals surface area (Å²) >= 11 is 1.30. The summed E-state index contributed by atoms with van der Waals surface area (Å²) < 4.78 is 26.2. The average molecular weight is 311 g/mol. The van der Waals surface area contributed by atoms with Crippen molar-refractivity contribution in [3.63, 3.8) is 0 Å². The van der Waals surface area contributed by atoms with Gasteiger partial charge in [0.1, 0.15) is 0 Å². The number of aromatic nitrogens is 1. The molecule has 0 fully saturated rings. The van der Waals surface area contributed by atoms with E-state index < -0.39 is 10.0 Å². The van der Waals surface area contributed by atoms with Crippen LogP contribution < -0.4 is 10.5 Å². The van der Waals surface area contributed by atoms with Gasteiger partial charge in [0.25, 0.3) is 0 Å².